The van der Waals surface area contributed by atoms with Crippen molar-refractivity contribution in [2.24, 2.45) is 16.1 Å². The first-order valence-electron chi connectivity index (χ1n) is 8.17. The Morgan fingerprint density at radius 3 is 2.96 bits per heavy atom. The summed E-state index contributed by atoms with van der Waals surface area (Å²) in [5, 5.41) is 18.3. The minimum atomic E-state index is -0.548. The van der Waals surface area contributed by atoms with Gasteiger partial charge < -0.3 is 19.4 Å². The lowest BCUT2D eigenvalue weighted by molar-refractivity contribution is -0.129. The molecule has 4 rings (SSSR count). The molecular formula is C18H16N4O4. The molecular weight excluding hydrogens is 336 g/mol. The molecule has 1 saturated heterocycles. The van der Waals surface area contributed by atoms with Crippen LogP contribution in [-0.4, -0.2) is 33.3 Å². The van der Waals surface area contributed by atoms with Crippen LogP contribution in [0.3, 0.4) is 0 Å². The zero-order valence-electron chi connectivity index (χ0n) is 13.8. The molecule has 1 aliphatic rings. The maximum atomic E-state index is 12.3. The van der Waals surface area contributed by atoms with Gasteiger partial charge in [0.25, 0.3) is 5.91 Å². The van der Waals surface area contributed by atoms with Crippen LogP contribution in [0.2, 0.25) is 0 Å². The smallest absolute Gasteiger partial charge is 0.270 e. The predicted molar refractivity (Wildman–Crippen MR) is 91.7 cm³/mol. The van der Waals surface area contributed by atoms with Crippen molar-refractivity contribution in [3.05, 3.63) is 48.4 Å². The lowest BCUT2D eigenvalue weighted by atomic mass is 10.1. The topological polar surface area (TPSA) is 111 Å². The summed E-state index contributed by atoms with van der Waals surface area (Å²) in [6.07, 6.45) is 1.64. The molecule has 2 amide bonds. The van der Waals surface area contributed by atoms with Crippen molar-refractivity contribution in [1.82, 2.24) is 9.88 Å². The fourth-order valence-electron chi connectivity index (χ4n) is 3.08. The molecule has 0 aliphatic carbocycles. The number of carbonyl (C=O) groups excluding carboxylic acids is 2. The summed E-state index contributed by atoms with van der Waals surface area (Å²) in [6, 6.07) is 10.7. The summed E-state index contributed by atoms with van der Waals surface area (Å²) in [7, 11) is 0. The van der Waals surface area contributed by atoms with E-state index in [0.29, 0.717) is 23.2 Å². The molecule has 0 radical (unpaired) electrons. The highest BCUT2D eigenvalue weighted by Gasteiger charge is 2.34. The second-order valence-corrected chi connectivity index (χ2v) is 6.16. The minimum absolute atomic E-state index is 0.0957. The summed E-state index contributed by atoms with van der Waals surface area (Å²) in [5.41, 5.74) is 0.915. The Kier molecular flexibility index (Phi) is 4.00. The second kappa shape index (κ2) is 6.47. The van der Waals surface area contributed by atoms with E-state index in [4.69, 9.17) is 4.42 Å². The molecule has 132 valence electrons. The fourth-order valence-corrected chi connectivity index (χ4v) is 3.08. The van der Waals surface area contributed by atoms with Crippen LogP contribution in [0.15, 0.2) is 57.3 Å². The van der Waals surface area contributed by atoms with Gasteiger partial charge in [0.05, 0.1) is 24.2 Å². The molecule has 1 aliphatic heterocycles. The van der Waals surface area contributed by atoms with Crippen LogP contribution in [0.5, 0.6) is 5.88 Å². The minimum Gasteiger partial charge on any atom is -0.493 e. The standard InChI is InChI=1S/C18H16N4O4/c23-15-8-11(9-22(15)10-12-4-3-7-26-12)17(24)21-20-16-13-5-1-2-6-14(13)19-18(16)25/h1-7,11,19,25H,8-10H2. The zero-order valence-corrected chi connectivity index (χ0v) is 13.8. The van der Waals surface area contributed by atoms with E-state index in [1.165, 1.54) is 0 Å². The number of benzene rings is 1. The van der Waals surface area contributed by atoms with Crippen LogP contribution in [0.4, 0.5) is 5.69 Å². The molecule has 8 nitrogen and oxygen atoms in total. The quantitative estimate of drug-likeness (QED) is 0.703. The van der Waals surface area contributed by atoms with Crippen molar-refractivity contribution < 1.29 is 19.1 Å². The molecule has 26 heavy (non-hydrogen) atoms. The second-order valence-electron chi connectivity index (χ2n) is 6.16. The summed E-state index contributed by atoms with van der Waals surface area (Å²) in [5.74, 6) is -0.634. The first-order valence-corrected chi connectivity index (χ1v) is 8.17. The molecule has 3 aromatic rings. The van der Waals surface area contributed by atoms with Crippen LogP contribution >= 0.6 is 0 Å². The van der Waals surface area contributed by atoms with Crippen LogP contribution < -0.4 is 0 Å². The normalized spacial score (nSPS) is 17.6. The van der Waals surface area contributed by atoms with Crippen molar-refractivity contribution in [3.63, 3.8) is 0 Å². The van der Waals surface area contributed by atoms with E-state index in [1.807, 2.05) is 6.07 Å². The Morgan fingerprint density at radius 2 is 2.15 bits per heavy atom. The van der Waals surface area contributed by atoms with E-state index < -0.39 is 11.8 Å². The highest BCUT2D eigenvalue weighted by molar-refractivity contribution is 5.94. The number of likely N-dealkylation sites (tertiary alicyclic amines) is 1. The Morgan fingerprint density at radius 1 is 1.31 bits per heavy atom. The number of furan rings is 1. The van der Waals surface area contributed by atoms with Gasteiger partial charge >= 0.3 is 0 Å². The first-order chi connectivity index (χ1) is 12.6. The fraction of sp³-hybridized carbons (Fsp3) is 0.222. The van der Waals surface area contributed by atoms with Crippen molar-refractivity contribution in [1.29, 1.82) is 0 Å². The number of aromatic nitrogens is 1. The van der Waals surface area contributed by atoms with E-state index in [2.05, 4.69) is 15.2 Å². The van der Waals surface area contributed by atoms with Crippen LogP contribution in [0, 0.1) is 5.92 Å². The van der Waals surface area contributed by atoms with Crippen LogP contribution in [-0.2, 0) is 16.1 Å². The van der Waals surface area contributed by atoms with Gasteiger partial charge in [-0.1, -0.05) is 18.2 Å². The monoisotopic (exact) mass is 352 g/mol. The third kappa shape index (κ3) is 2.97. The Hall–Kier alpha value is -3.42. The van der Waals surface area contributed by atoms with Gasteiger partial charge in [-0.2, -0.15) is 0 Å². The van der Waals surface area contributed by atoms with Gasteiger partial charge in [-0.25, -0.2) is 0 Å². The molecule has 3 heterocycles. The number of azo groups is 1. The average Bonchev–Trinajstić information content (AvgIpc) is 3.33. The third-order valence-corrected chi connectivity index (χ3v) is 4.40. The molecule has 1 atom stereocenters. The van der Waals surface area contributed by atoms with Crippen molar-refractivity contribution in [2.75, 3.05) is 6.54 Å². The molecule has 0 spiro atoms. The largest absolute Gasteiger partial charge is 0.493 e. The highest BCUT2D eigenvalue weighted by Crippen LogP contribution is 2.35. The SMILES string of the molecule is O=C(N=Nc1c(O)[nH]c2ccccc12)C1CC(=O)N(Cc2ccco2)C1. The first kappa shape index (κ1) is 16.1. The molecule has 8 heteroatoms. The number of rotatable bonds is 4. The Balaban J connectivity index is 1.47. The number of carbonyl (C=O) groups is 2. The van der Waals surface area contributed by atoms with Gasteiger partial charge in [-0.05, 0) is 18.2 Å². The highest BCUT2D eigenvalue weighted by atomic mass is 16.3. The van der Waals surface area contributed by atoms with Gasteiger partial charge in [0, 0.05) is 18.4 Å². The van der Waals surface area contributed by atoms with Crippen LogP contribution in [0.1, 0.15) is 12.2 Å². The molecule has 1 unspecified atom stereocenters. The number of H-pyrrole nitrogens is 1. The number of aromatic amines is 1. The maximum Gasteiger partial charge on any atom is 0.270 e. The van der Waals surface area contributed by atoms with Crippen molar-refractivity contribution in [2.45, 2.75) is 13.0 Å². The van der Waals surface area contributed by atoms with Gasteiger partial charge in [0.15, 0.2) is 5.69 Å². The van der Waals surface area contributed by atoms with E-state index in [1.54, 1.807) is 41.5 Å². The molecule has 2 aromatic heterocycles. The third-order valence-electron chi connectivity index (χ3n) is 4.40. The number of aromatic hydroxyl groups is 1. The number of nitrogens with zero attached hydrogens (tertiary/aromatic N) is 3. The lowest BCUT2D eigenvalue weighted by Gasteiger charge is -2.13. The maximum absolute atomic E-state index is 12.3. The molecule has 1 fully saturated rings. The zero-order chi connectivity index (χ0) is 18.1. The number of para-hydroxylation sites is 1. The molecule has 0 saturated carbocycles. The lowest BCUT2D eigenvalue weighted by Crippen LogP contribution is -2.25. The Bertz CT molecular complexity index is 990. The number of hydrogen-bond donors (Lipinski definition) is 2. The molecule has 2 N–H and O–H groups in total. The summed E-state index contributed by atoms with van der Waals surface area (Å²) in [6.45, 7) is 0.604. The Labute approximate surface area is 148 Å². The average molecular weight is 352 g/mol. The van der Waals surface area contributed by atoms with Crippen molar-refractivity contribution >= 4 is 28.4 Å². The van der Waals surface area contributed by atoms with E-state index in [9.17, 15) is 14.7 Å². The molecule has 0 bridgehead atoms. The van der Waals surface area contributed by atoms with Gasteiger partial charge in [0.1, 0.15) is 5.76 Å². The number of hydrogen-bond acceptors (Lipinski definition) is 5. The summed E-state index contributed by atoms with van der Waals surface area (Å²) >= 11 is 0. The number of amides is 2. The predicted octanol–water partition coefficient (Wildman–Crippen LogP) is 3.13. The van der Waals surface area contributed by atoms with E-state index >= 15 is 0 Å². The van der Waals surface area contributed by atoms with E-state index in [-0.39, 0.29) is 30.4 Å². The van der Waals surface area contributed by atoms with Gasteiger partial charge in [0.2, 0.25) is 11.8 Å². The van der Waals surface area contributed by atoms with Gasteiger partial charge in [-0.15, -0.1) is 10.2 Å². The summed E-state index contributed by atoms with van der Waals surface area (Å²) in [4.78, 5) is 28.8. The number of fused-ring (bicyclic) bond motifs is 1. The number of nitrogens with one attached hydrogen (secondary N) is 1. The van der Waals surface area contributed by atoms with E-state index in [0.717, 1.165) is 0 Å². The van der Waals surface area contributed by atoms with Crippen LogP contribution in [0.25, 0.3) is 10.9 Å². The van der Waals surface area contributed by atoms with Crippen molar-refractivity contribution in [3.8, 4) is 5.88 Å². The molecule has 1 aromatic carbocycles. The summed E-state index contributed by atoms with van der Waals surface area (Å²) < 4.78 is 5.24. The van der Waals surface area contributed by atoms with Gasteiger partial charge in [-0.3, -0.25) is 9.59 Å².